The molecular weight excluding hydrogens is 651 g/mol. The number of allylic oxidation sites excluding steroid dienone is 2. The SMILES string of the molecule is CC(=O)/C=C(/C)O.Cc1cc(-c2[c-]cc3c(c2)Oc2ccccc2-c2ccccc2-3)nc2ccccc12.[Ir]. The third-order valence-corrected chi connectivity index (χ3v) is 6.14. The number of rotatable bonds is 2. The molecule has 2 heterocycles. The number of aliphatic hydroxyl groups is 1. The van der Waals surface area contributed by atoms with Crippen LogP contribution in [-0.4, -0.2) is 15.9 Å². The number of ketones is 1. The van der Waals surface area contributed by atoms with Crippen LogP contribution in [0.25, 0.3) is 44.4 Å². The van der Waals surface area contributed by atoms with Gasteiger partial charge in [-0.05, 0) is 55.3 Å². The maximum atomic E-state index is 10.0. The molecule has 1 N–H and O–H groups in total. The zero-order valence-corrected chi connectivity index (χ0v) is 23.7. The fourth-order valence-electron chi connectivity index (χ4n) is 4.55. The molecule has 5 aromatic rings. The Morgan fingerprint density at radius 1 is 0.842 bits per heavy atom. The van der Waals surface area contributed by atoms with Crippen molar-refractivity contribution in [1.29, 1.82) is 0 Å². The van der Waals surface area contributed by atoms with E-state index in [1.54, 1.807) is 0 Å². The molecule has 0 aliphatic carbocycles. The summed E-state index contributed by atoms with van der Waals surface area (Å²) in [6, 6.07) is 34.5. The van der Waals surface area contributed by atoms with E-state index in [0.29, 0.717) is 0 Å². The molecule has 1 aliphatic rings. The minimum Gasteiger partial charge on any atom is -0.512 e. The van der Waals surface area contributed by atoms with Crippen LogP contribution in [0.4, 0.5) is 0 Å². The van der Waals surface area contributed by atoms with Crippen molar-refractivity contribution in [3.8, 4) is 45.0 Å². The fraction of sp³-hybridized carbons (Fsp3) is 0.0909. The topological polar surface area (TPSA) is 59.4 Å². The van der Waals surface area contributed by atoms with Gasteiger partial charge in [0.25, 0.3) is 0 Å². The number of hydrogen-bond donors (Lipinski definition) is 1. The molecule has 0 saturated heterocycles. The summed E-state index contributed by atoms with van der Waals surface area (Å²) in [5.74, 6) is 1.63. The Labute approximate surface area is 236 Å². The van der Waals surface area contributed by atoms with Crippen molar-refractivity contribution in [3.05, 3.63) is 114 Å². The molecule has 0 spiro atoms. The summed E-state index contributed by atoms with van der Waals surface area (Å²) in [5, 5.41) is 9.54. The van der Waals surface area contributed by atoms with Gasteiger partial charge in [0.15, 0.2) is 5.78 Å². The second-order valence-electron chi connectivity index (χ2n) is 9.01. The number of fused-ring (bicyclic) bond motifs is 6. The number of aliphatic hydroxyl groups excluding tert-OH is 1. The Morgan fingerprint density at radius 2 is 1.47 bits per heavy atom. The number of pyridine rings is 1. The normalized spacial score (nSPS) is 11.4. The Bertz CT molecular complexity index is 1670. The zero-order valence-electron chi connectivity index (χ0n) is 21.3. The summed E-state index contributed by atoms with van der Waals surface area (Å²) in [4.78, 5) is 14.9. The largest absolute Gasteiger partial charge is 0.512 e. The smallest absolute Gasteiger partial charge is 0.155 e. The molecule has 0 bridgehead atoms. The van der Waals surface area contributed by atoms with Crippen LogP contribution in [-0.2, 0) is 24.9 Å². The first-order valence-electron chi connectivity index (χ1n) is 12.1. The summed E-state index contributed by atoms with van der Waals surface area (Å²) >= 11 is 0. The van der Waals surface area contributed by atoms with E-state index in [2.05, 4.69) is 67.6 Å². The number of carbonyl (C=O) groups is 1. The maximum Gasteiger partial charge on any atom is 0.155 e. The number of ether oxygens (including phenoxy) is 1. The minimum atomic E-state index is -0.125. The van der Waals surface area contributed by atoms with Gasteiger partial charge in [-0.3, -0.25) is 9.78 Å². The third kappa shape index (κ3) is 5.60. The quantitative estimate of drug-likeness (QED) is 0.114. The number of carbonyl (C=O) groups excluding carboxylic acids is 1. The fourth-order valence-corrected chi connectivity index (χ4v) is 4.55. The van der Waals surface area contributed by atoms with E-state index in [1.807, 2.05) is 36.4 Å². The Kier molecular flexibility index (Phi) is 8.21. The summed E-state index contributed by atoms with van der Waals surface area (Å²) in [6.45, 7) is 4.97. The van der Waals surface area contributed by atoms with Gasteiger partial charge in [-0.25, -0.2) is 0 Å². The van der Waals surface area contributed by atoms with Crippen LogP contribution in [0.15, 0.2) is 103 Å². The number of aromatic nitrogens is 1. The number of hydrogen-bond acceptors (Lipinski definition) is 4. The first-order valence-corrected chi connectivity index (χ1v) is 12.1. The van der Waals surface area contributed by atoms with Crippen molar-refractivity contribution in [1.82, 2.24) is 4.98 Å². The Hall–Kier alpha value is -4.05. The molecule has 38 heavy (non-hydrogen) atoms. The van der Waals surface area contributed by atoms with Gasteiger partial charge >= 0.3 is 0 Å². The molecule has 0 amide bonds. The van der Waals surface area contributed by atoms with Gasteiger partial charge in [-0.15, -0.1) is 17.7 Å². The van der Waals surface area contributed by atoms with Crippen LogP contribution >= 0.6 is 0 Å². The van der Waals surface area contributed by atoms with Gasteiger partial charge in [-0.2, -0.15) is 0 Å². The van der Waals surface area contributed by atoms with Crippen LogP contribution < -0.4 is 4.74 Å². The number of aryl methyl sites for hydroxylation is 1. The standard InChI is InChI=1S/C28H18NO.C5H8O2.Ir/c1-18-16-26(29-25-12-6-4-8-20(18)25)19-14-15-24-22-10-3-2-9-21(22)23-11-5-7-13-27(23)30-28(24)17-19;1-4(6)3-5(2)7;/h2-13,15-17H,1H3;3,6H,1-2H3;/q-1;;/b;4-3-;. The molecule has 0 fully saturated rings. The second kappa shape index (κ2) is 11.6. The van der Waals surface area contributed by atoms with Gasteiger partial charge in [0, 0.05) is 37.1 Å². The van der Waals surface area contributed by atoms with E-state index in [1.165, 1.54) is 36.4 Å². The van der Waals surface area contributed by atoms with E-state index in [0.717, 1.165) is 45.0 Å². The molecule has 5 heteroatoms. The summed E-state index contributed by atoms with van der Waals surface area (Å²) in [6.07, 6.45) is 1.17. The van der Waals surface area contributed by atoms with Gasteiger partial charge in [0.05, 0.1) is 17.0 Å². The molecule has 1 aliphatic heterocycles. The molecule has 4 aromatic carbocycles. The van der Waals surface area contributed by atoms with Crippen LogP contribution in [0.5, 0.6) is 11.5 Å². The molecule has 4 nitrogen and oxygen atoms in total. The number of nitrogens with zero attached hydrogens (tertiary/aromatic N) is 1. The molecule has 6 rings (SSSR count). The summed E-state index contributed by atoms with van der Waals surface area (Å²) in [7, 11) is 0. The van der Waals surface area contributed by atoms with Crippen LogP contribution in [0, 0.1) is 13.0 Å². The molecular formula is C33H26IrNO3-. The average molecular weight is 677 g/mol. The van der Waals surface area contributed by atoms with Crippen molar-refractivity contribution in [3.63, 3.8) is 0 Å². The summed E-state index contributed by atoms with van der Waals surface area (Å²) < 4.78 is 6.42. The van der Waals surface area contributed by atoms with E-state index in [-0.39, 0.29) is 31.6 Å². The van der Waals surface area contributed by atoms with Gasteiger partial charge in [0.2, 0.25) is 0 Å². The predicted molar refractivity (Wildman–Crippen MR) is 149 cm³/mol. The van der Waals surface area contributed by atoms with E-state index >= 15 is 0 Å². The van der Waals surface area contributed by atoms with Crippen molar-refractivity contribution >= 4 is 16.7 Å². The van der Waals surface area contributed by atoms with Gasteiger partial charge in [0.1, 0.15) is 5.75 Å². The Balaban J connectivity index is 0.000000375. The van der Waals surface area contributed by atoms with Gasteiger partial charge in [-0.1, -0.05) is 78.4 Å². The van der Waals surface area contributed by atoms with Gasteiger partial charge < -0.3 is 9.84 Å². The molecule has 1 aromatic heterocycles. The van der Waals surface area contributed by atoms with Crippen LogP contribution in [0.1, 0.15) is 19.4 Å². The maximum absolute atomic E-state index is 10.0. The minimum absolute atomic E-state index is 0. The first kappa shape index (κ1) is 27.0. The van der Waals surface area contributed by atoms with E-state index < -0.39 is 0 Å². The van der Waals surface area contributed by atoms with Crippen molar-refractivity contribution in [2.24, 2.45) is 0 Å². The molecule has 0 saturated carbocycles. The second-order valence-corrected chi connectivity index (χ2v) is 9.01. The van der Waals surface area contributed by atoms with Crippen LogP contribution in [0.2, 0.25) is 0 Å². The predicted octanol–water partition coefficient (Wildman–Crippen LogP) is 8.48. The monoisotopic (exact) mass is 677 g/mol. The van der Waals surface area contributed by atoms with Crippen molar-refractivity contribution < 1.29 is 34.7 Å². The third-order valence-electron chi connectivity index (χ3n) is 6.14. The van der Waals surface area contributed by atoms with Crippen molar-refractivity contribution in [2.75, 3.05) is 0 Å². The molecule has 191 valence electrons. The number of benzene rings is 4. The Morgan fingerprint density at radius 3 is 2.16 bits per heavy atom. The molecule has 0 unspecified atom stereocenters. The van der Waals surface area contributed by atoms with Crippen molar-refractivity contribution in [2.45, 2.75) is 20.8 Å². The summed E-state index contributed by atoms with van der Waals surface area (Å²) in [5.41, 5.74) is 8.51. The van der Waals surface area contributed by atoms with Crippen LogP contribution in [0.3, 0.4) is 0 Å². The molecule has 1 radical (unpaired) electrons. The zero-order chi connectivity index (χ0) is 25.9. The molecule has 0 atom stereocenters. The first-order chi connectivity index (χ1) is 17.9. The van der Waals surface area contributed by atoms with E-state index in [4.69, 9.17) is 14.8 Å². The van der Waals surface area contributed by atoms with E-state index in [9.17, 15) is 4.79 Å². The average Bonchev–Trinajstić information content (AvgIpc) is 3.02. The number of para-hydroxylation sites is 2.